The third-order valence-corrected chi connectivity index (χ3v) is 25.4. The van der Waals surface area contributed by atoms with Crippen molar-refractivity contribution in [3.63, 3.8) is 0 Å². The van der Waals surface area contributed by atoms with Gasteiger partial charge in [0.2, 0.25) is 7.29 Å². The summed E-state index contributed by atoms with van der Waals surface area (Å²) in [6.07, 6.45) is 13.6. The molecule has 2 aliphatic rings. The van der Waals surface area contributed by atoms with Gasteiger partial charge in [0.25, 0.3) is 0 Å². The number of allylic oxidation sites excluding steroid dienone is 1. The van der Waals surface area contributed by atoms with Gasteiger partial charge in [0.05, 0.1) is 12.4 Å². The molecule has 2 unspecified atom stereocenters. The number of aromatic nitrogens is 4. The van der Waals surface area contributed by atoms with Crippen molar-refractivity contribution in [3.8, 4) is 55.9 Å². The van der Waals surface area contributed by atoms with Gasteiger partial charge in [0.15, 0.2) is 0 Å². The van der Waals surface area contributed by atoms with Crippen molar-refractivity contribution in [2.45, 2.75) is 0 Å². The van der Waals surface area contributed by atoms with Gasteiger partial charge in [-0.15, -0.1) is 65.1 Å². The average Bonchev–Trinajstić information content (AvgIpc) is 1.61. The molecule has 0 N–H and O–H groups in total. The van der Waals surface area contributed by atoms with Crippen molar-refractivity contribution in [2.24, 2.45) is 4.76 Å². The van der Waals surface area contributed by atoms with Crippen molar-refractivity contribution in [1.82, 2.24) is 19.6 Å². The standard InChI is InChI=1S/C27H20NOP.C27H19NOP.C21H13N2O.C21H13N2S.4Pt/c29-30(26-14-8-3-9-15-26)21-28(25-12-6-2-7-13-25)20-27(30)24-18-16-23(17-19-24)22-10-4-1-5-11-22;29-30(25-14-8-3-9-15-25)27(20-26(28-30)23-12-6-2-7-13-23)24-18-16-22(17-19-24)21-10-4-1-5-11-21;2*1-2-6-17(7-3-1)23-14-16(13-22-23)15-10-11-19-18-8-4-5-9-20(18)24-21(19)12-15;;;;/h1-12,14-21H;1-12,14-20H;2*1-6,8-14H;;;;/q-2;3*-1;;3*+2. The molecule has 16 heteroatoms. The van der Waals surface area contributed by atoms with Crippen molar-refractivity contribution >= 4 is 101 Å². The van der Waals surface area contributed by atoms with Crippen LogP contribution in [-0.4, -0.2) is 25.3 Å². The number of anilines is 1. The Morgan fingerprint density at radius 2 is 0.786 bits per heavy atom. The van der Waals surface area contributed by atoms with E-state index in [1.54, 1.807) is 0 Å². The molecule has 9 nitrogen and oxygen atoms in total. The molecule has 0 saturated carbocycles. The molecule has 0 amide bonds. The van der Waals surface area contributed by atoms with Crippen LogP contribution in [0.1, 0.15) is 16.7 Å². The van der Waals surface area contributed by atoms with Crippen molar-refractivity contribution in [1.29, 1.82) is 0 Å². The first-order valence-corrected chi connectivity index (χ1v) is 39.6. The van der Waals surface area contributed by atoms with Crippen LogP contribution in [0.25, 0.3) is 109 Å². The number of nitrogens with zero attached hydrogens (tertiary/aromatic N) is 6. The third-order valence-electron chi connectivity index (χ3n) is 19.0. The van der Waals surface area contributed by atoms with Crippen molar-refractivity contribution < 1.29 is 97.8 Å². The third kappa shape index (κ3) is 17.2. The normalized spacial score (nSPS) is 14.6. The molecule has 0 bridgehead atoms. The molecule has 2 aliphatic heterocycles. The summed E-state index contributed by atoms with van der Waals surface area (Å²) in [5, 5.41) is 17.0. The Hall–Kier alpha value is -10.3. The number of benzene rings is 14. The number of para-hydroxylation sites is 4. The van der Waals surface area contributed by atoms with Gasteiger partial charge >= 0.3 is 63.2 Å². The molecule has 0 radical (unpaired) electrons. The molecule has 0 spiro atoms. The Morgan fingerprint density at radius 1 is 0.357 bits per heavy atom. The summed E-state index contributed by atoms with van der Waals surface area (Å²) in [4.78, 5) is 1.94. The van der Waals surface area contributed by atoms with E-state index in [4.69, 9.17) is 9.18 Å². The van der Waals surface area contributed by atoms with Crippen LogP contribution >= 0.6 is 25.8 Å². The zero-order valence-electron chi connectivity index (χ0n) is 59.5. The van der Waals surface area contributed by atoms with Gasteiger partial charge in [-0.05, 0) is 116 Å². The Balaban J connectivity index is 0.000000130. The molecule has 14 aromatic carbocycles. The van der Waals surface area contributed by atoms with Crippen molar-refractivity contribution in [2.75, 3.05) is 4.90 Å². The van der Waals surface area contributed by atoms with Gasteiger partial charge < -0.3 is 13.9 Å². The van der Waals surface area contributed by atoms with Gasteiger partial charge in [-0.25, -0.2) is 0 Å². The van der Waals surface area contributed by atoms with Crippen LogP contribution in [0.15, 0.2) is 398 Å². The molecule has 0 saturated heterocycles. The SMILES string of the molecule is O=P1(c2ccccc2)N=C(c2[c-]cccc2)C=C1c1ccc(-c2ccccc2)cc1.O=P1(c2ccccc2)[CH-]N(c2[c-]cccc2)C=C1c1ccc(-c2ccccc2)cc1.[Pt+2].[Pt+2].[Pt+2].[Pt].[c-]1ccccc1-n1cc(-c2ccc3c(c2)oc2ccccc23)cn1.[c-]1ccccc1-n1cc(-c2ccc3c(c2)sc2ccccc23)cn1. The van der Waals surface area contributed by atoms with Gasteiger partial charge in [0, 0.05) is 98.6 Å². The summed E-state index contributed by atoms with van der Waals surface area (Å²) in [6.45, 7) is 0. The summed E-state index contributed by atoms with van der Waals surface area (Å²) in [5.74, 6) is 0. The molecule has 552 valence electrons. The van der Waals surface area contributed by atoms with Crippen LogP contribution in [0, 0.1) is 30.6 Å². The number of hydrogen-bond donors (Lipinski definition) is 0. The first kappa shape index (κ1) is 79.8. The predicted molar refractivity (Wildman–Crippen MR) is 447 cm³/mol. The Labute approximate surface area is 712 Å². The van der Waals surface area contributed by atoms with Crippen LogP contribution in [0.4, 0.5) is 5.69 Å². The van der Waals surface area contributed by atoms with E-state index in [1.165, 1.54) is 31.3 Å². The maximum Gasteiger partial charge on any atom is 2.00 e. The number of thiophene rings is 1. The van der Waals surface area contributed by atoms with E-state index in [9.17, 15) is 9.13 Å². The molecular weight excluding hydrogens is 2160 g/mol. The zero-order valence-corrected chi connectivity index (χ0v) is 71.2. The van der Waals surface area contributed by atoms with Crippen LogP contribution in [0.5, 0.6) is 0 Å². The van der Waals surface area contributed by atoms with Gasteiger partial charge in [0.1, 0.15) is 11.2 Å². The number of rotatable bonds is 12. The first-order valence-electron chi connectivity index (χ1n) is 35.4. The molecular formula is C96H65N6O3P2Pt4S+. The fourth-order valence-electron chi connectivity index (χ4n) is 13.5. The smallest absolute Gasteiger partial charge is 0.512 e. The summed E-state index contributed by atoms with van der Waals surface area (Å²) in [5.41, 5.74) is 17.1. The van der Waals surface area contributed by atoms with E-state index >= 15 is 0 Å². The molecule has 2 atom stereocenters. The van der Waals surface area contributed by atoms with Gasteiger partial charge in [-0.2, -0.15) is 95.3 Å². The Kier molecular flexibility index (Phi) is 26.0. The summed E-state index contributed by atoms with van der Waals surface area (Å²) >= 11 is 1.84. The van der Waals surface area contributed by atoms with E-state index in [2.05, 4.69) is 168 Å². The van der Waals surface area contributed by atoms with E-state index in [-0.39, 0.29) is 84.3 Å². The summed E-state index contributed by atoms with van der Waals surface area (Å²) < 4.78 is 45.6. The molecule has 4 aromatic heterocycles. The second-order valence-electron chi connectivity index (χ2n) is 25.8. The zero-order chi connectivity index (χ0) is 72.6. The number of furan rings is 1. The minimum absolute atomic E-state index is 0. The molecule has 18 aromatic rings. The van der Waals surface area contributed by atoms with Gasteiger partial charge in [-0.3, -0.25) is 18.7 Å². The summed E-state index contributed by atoms with van der Waals surface area (Å²) in [6, 6.07) is 130. The van der Waals surface area contributed by atoms with Crippen molar-refractivity contribution in [3.05, 3.63) is 436 Å². The number of fused-ring (bicyclic) bond motifs is 6. The molecule has 20 rings (SSSR count). The Bertz CT molecular complexity index is 6120. The van der Waals surface area contributed by atoms with E-state index < -0.39 is 14.4 Å². The topological polar surface area (TPSA) is 98.5 Å². The monoisotopic (exact) mass is 2220 g/mol. The van der Waals surface area contributed by atoms with Crippen LogP contribution in [-0.2, 0) is 93.4 Å². The van der Waals surface area contributed by atoms with Crippen LogP contribution < -0.4 is 15.5 Å². The quantitative estimate of drug-likeness (QED) is 0.0893. The van der Waals surface area contributed by atoms with Gasteiger partial charge in [-0.1, -0.05) is 218 Å². The minimum atomic E-state index is -3.13. The number of hydrogen-bond acceptors (Lipinski definition) is 7. The van der Waals surface area contributed by atoms with E-state index in [0.717, 1.165) is 110 Å². The summed E-state index contributed by atoms with van der Waals surface area (Å²) in [7, 11) is -6.06. The fraction of sp³-hybridized carbons (Fsp3) is 0. The maximum atomic E-state index is 14.3. The molecule has 112 heavy (non-hydrogen) atoms. The maximum absolute atomic E-state index is 14.3. The predicted octanol–water partition coefficient (Wildman–Crippen LogP) is 24.3. The molecule has 0 aliphatic carbocycles. The van der Waals surface area contributed by atoms with Crippen LogP contribution in [0.3, 0.4) is 0 Å². The first-order chi connectivity index (χ1) is 53.2. The van der Waals surface area contributed by atoms with Crippen LogP contribution in [0.2, 0.25) is 0 Å². The second-order valence-corrected chi connectivity index (χ2v) is 31.8. The van der Waals surface area contributed by atoms with E-state index in [0.29, 0.717) is 5.71 Å². The van der Waals surface area contributed by atoms with E-state index in [1.807, 2.05) is 287 Å². The fourth-order valence-corrected chi connectivity index (χ4v) is 19.5. The largest absolute Gasteiger partial charge is 2.00 e. The average molecular weight is 2220 g/mol. The second kappa shape index (κ2) is 36.4. The Morgan fingerprint density at radius 3 is 1.34 bits per heavy atom. The molecule has 0 fully saturated rings. The minimum Gasteiger partial charge on any atom is -0.512 e. The molecule has 6 heterocycles.